The number of benzene rings is 3. The second-order valence-corrected chi connectivity index (χ2v) is 8.58. The van der Waals surface area contributed by atoms with Crippen molar-refractivity contribution in [3.05, 3.63) is 105 Å². The zero-order valence-electron chi connectivity index (χ0n) is 18.6. The highest BCUT2D eigenvalue weighted by atomic mass is 35.5. The van der Waals surface area contributed by atoms with Crippen molar-refractivity contribution in [3.63, 3.8) is 0 Å². The van der Waals surface area contributed by atoms with Crippen LogP contribution >= 0.6 is 11.6 Å². The molecule has 10 heteroatoms. The van der Waals surface area contributed by atoms with Gasteiger partial charge in [-0.05, 0) is 42.0 Å². The first-order valence-electron chi connectivity index (χ1n) is 11.1. The summed E-state index contributed by atoms with van der Waals surface area (Å²) in [6.07, 6.45) is 0. The van der Waals surface area contributed by atoms with E-state index in [1.807, 2.05) is 18.2 Å². The van der Waals surface area contributed by atoms with E-state index in [-0.39, 0.29) is 17.5 Å². The molecule has 0 N–H and O–H groups in total. The molecule has 1 aliphatic heterocycles. The lowest BCUT2D eigenvalue weighted by molar-refractivity contribution is -0.384. The lowest BCUT2D eigenvalue weighted by atomic mass is 10.0. The van der Waals surface area contributed by atoms with E-state index in [4.69, 9.17) is 16.0 Å². The van der Waals surface area contributed by atoms with Crippen LogP contribution in [0.4, 0.5) is 15.8 Å². The number of hydrogen-bond donors (Lipinski definition) is 0. The number of non-ortho nitro benzene ring substituents is 1. The first kappa shape index (κ1) is 22.9. The topological polar surface area (TPSA) is 88.5 Å². The number of hydrogen-bond acceptors (Lipinski definition) is 7. The highest BCUT2D eigenvalue weighted by molar-refractivity contribution is 6.33. The summed E-state index contributed by atoms with van der Waals surface area (Å²) in [7, 11) is 0. The van der Waals surface area contributed by atoms with E-state index in [1.165, 1.54) is 24.3 Å². The first-order chi connectivity index (χ1) is 17.0. The van der Waals surface area contributed by atoms with Crippen LogP contribution in [0.1, 0.15) is 17.5 Å². The van der Waals surface area contributed by atoms with Crippen LogP contribution in [0.25, 0.3) is 11.5 Å². The molecule has 1 saturated heterocycles. The minimum atomic E-state index is -0.406. The minimum Gasteiger partial charge on any atom is -0.419 e. The van der Waals surface area contributed by atoms with Crippen LogP contribution in [0.3, 0.4) is 0 Å². The molecule has 4 aromatic rings. The van der Waals surface area contributed by atoms with Crippen molar-refractivity contribution in [1.29, 1.82) is 0 Å². The van der Waals surface area contributed by atoms with Gasteiger partial charge in [-0.15, -0.1) is 10.2 Å². The predicted molar refractivity (Wildman–Crippen MR) is 130 cm³/mol. The van der Waals surface area contributed by atoms with Crippen LogP contribution in [0.15, 0.2) is 77.2 Å². The van der Waals surface area contributed by atoms with E-state index in [0.29, 0.717) is 48.5 Å². The number of nitrogens with zero attached hydrogens (tertiary/aromatic N) is 5. The van der Waals surface area contributed by atoms with Gasteiger partial charge in [0.15, 0.2) is 0 Å². The molecule has 0 radical (unpaired) electrons. The number of nitro benzene ring substituents is 1. The Morgan fingerprint density at radius 3 is 2.29 bits per heavy atom. The molecule has 8 nitrogen and oxygen atoms in total. The number of anilines is 1. The number of aromatic nitrogens is 2. The van der Waals surface area contributed by atoms with Crippen molar-refractivity contribution >= 4 is 23.0 Å². The van der Waals surface area contributed by atoms with Crippen molar-refractivity contribution in [2.45, 2.75) is 6.04 Å². The summed E-state index contributed by atoms with van der Waals surface area (Å²) < 4.78 is 19.7. The van der Waals surface area contributed by atoms with Gasteiger partial charge in [0.25, 0.3) is 5.69 Å². The molecular weight excluding hydrogens is 473 g/mol. The Labute approximate surface area is 205 Å². The minimum absolute atomic E-state index is 0.0643. The maximum absolute atomic E-state index is 13.7. The fourth-order valence-corrected chi connectivity index (χ4v) is 4.48. The summed E-state index contributed by atoms with van der Waals surface area (Å²) in [4.78, 5) is 14.9. The fraction of sp³-hybridized carbons (Fsp3) is 0.200. The standard InChI is InChI=1S/C25H21ClFN5O3/c26-22-4-2-1-3-21(22)24-28-29-25(35-24)23(17-5-7-18(27)8-6-17)31-15-13-30(14-16-31)19-9-11-20(12-10-19)32(33)34/h1-12,23H,13-16H2/t23-/m1/s1. The van der Waals surface area contributed by atoms with Crippen molar-refractivity contribution in [3.8, 4) is 11.5 Å². The molecule has 1 aliphatic rings. The third-order valence-electron chi connectivity index (χ3n) is 6.07. The van der Waals surface area contributed by atoms with Crippen LogP contribution in [0.5, 0.6) is 0 Å². The molecule has 1 atom stereocenters. The zero-order valence-corrected chi connectivity index (χ0v) is 19.3. The van der Waals surface area contributed by atoms with Gasteiger partial charge in [0.2, 0.25) is 11.8 Å². The molecule has 0 amide bonds. The molecule has 1 aromatic heterocycles. The lowest BCUT2D eigenvalue weighted by Gasteiger charge is -2.39. The van der Waals surface area contributed by atoms with Crippen LogP contribution in [0.2, 0.25) is 5.02 Å². The molecule has 35 heavy (non-hydrogen) atoms. The SMILES string of the molecule is O=[N+]([O-])c1ccc(N2CCN([C@H](c3ccc(F)cc3)c3nnc(-c4ccccc4Cl)o3)CC2)cc1. The fourth-order valence-electron chi connectivity index (χ4n) is 4.27. The number of rotatable bonds is 6. The van der Waals surface area contributed by atoms with E-state index in [9.17, 15) is 14.5 Å². The summed E-state index contributed by atoms with van der Waals surface area (Å²) in [6.45, 7) is 2.73. The van der Waals surface area contributed by atoms with Gasteiger partial charge in [-0.3, -0.25) is 15.0 Å². The second-order valence-electron chi connectivity index (χ2n) is 8.18. The van der Waals surface area contributed by atoms with Crippen LogP contribution in [-0.2, 0) is 0 Å². The van der Waals surface area contributed by atoms with E-state index in [2.05, 4.69) is 20.0 Å². The summed E-state index contributed by atoms with van der Waals surface area (Å²) in [6, 6.07) is 19.7. The smallest absolute Gasteiger partial charge is 0.269 e. The molecule has 0 spiro atoms. The maximum atomic E-state index is 13.7. The zero-order chi connectivity index (χ0) is 24.4. The van der Waals surface area contributed by atoms with Gasteiger partial charge < -0.3 is 9.32 Å². The second kappa shape index (κ2) is 9.81. The normalized spacial score (nSPS) is 15.2. The largest absolute Gasteiger partial charge is 0.419 e. The van der Waals surface area contributed by atoms with Gasteiger partial charge >= 0.3 is 0 Å². The quantitative estimate of drug-likeness (QED) is 0.264. The number of halogens is 2. The predicted octanol–water partition coefficient (Wildman–Crippen LogP) is 5.35. The maximum Gasteiger partial charge on any atom is 0.269 e. The highest BCUT2D eigenvalue weighted by Gasteiger charge is 2.31. The Hall–Kier alpha value is -3.82. The Morgan fingerprint density at radius 1 is 0.943 bits per heavy atom. The lowest BCUT2D eigenvalue weighted by Crippen LogP contribution is -2.48. The van der Waals surface area contributed by atoms with Crippen molar-refractivity contribution in [1.82, 2.24) is 15.1 Å². The van der Waals surface area contributed by atoms with Crippen LogP contribution in [-0.4, -0.2) is 46.2 Å². The average molecular weight is 494 g/mol. The van der Waals surface area contributed by atoms with Gasteiger partial charge in [-0.2, -0.15) is 0 Å². The van der Waals surface area contributed by atoms with E-state index < -0.39 is 4.92 Å². The molecular formula is C25H21ClFN5O3. The molecule has 3 aromatic carbocycles. The Balaban J connectivity index is 1.39. The monoisotopic (exact) mass is 493 g/mol. The van der Waals surface area contributed by atoms with Crippen molar-refractivity contribution in [2.75, 3.05) is 31.1 Å². The summed E-state index contributed by atoms with van der Waals surface area (Å²) in [5, 5.41) is 20.0. The van der Waals surface area contributed by atoms with Gasteiger partial charge in [-0.1, -0.05) is 35.9 Å². The van der Waals surface area contributed by atoms with Gasteiger partial charge in [-0.25, -0.2) is 4.39 Å². The summed E-state index contributed by atoms with van der Waals surface area (Å²) >= 11 is 6.31. The van der Waals surface area contributed by atoms with Gasteiger partial charge in [0.05, 0.1) is 15.5 Å². The third-order valence-corrected chi connectivity index (χ3v) is 6.40. The van der Waals surface area contributed by atoms with E-state index >= 15 is 0 Å². The highest BCUT2D eigenvalue weighted by Crippen LogP contribution is 2.33. The first-order valence-corrected chi connectivity index (χ1v) is 11.4. The van der Waals surface area contributed by atoms with E-state index in [0.717, 1.165) is 11.3 Å². The molecule has 0 bridgehead atoms. The van der Waals surface area contributed by atoms with Gasteiger partial charge in [0, 0.05) is 44.0 Å². The van der Waals surface area contributed by atoms with Gasteiger partial charge in [0.1, 0.15) is 11.9 Å². The molecule has 0 unspecified atom stereocenters. The Bertz CT molecular complexity index is 1320. The molecule has 178 valence electrons. The summed E-state index contributed by atoms with van der Waals surface area (Å²) in [5.41, 5.74) is 2.47. The molecule has 0 saturated carbocycles. The Kier molecular flexibility index (Phi) is 6.43. The summed E-state index contributed by atoms with van der Waals surface area (Å²) in [5.74, 6) is 0.398. The molecule has 0 aliphatic carbocycles. The number of nitro groups is 1. The van der Waals surface area contributed by atoms with Crippen molar-refractivity contribution in [2.24, 2.45) is 0 Å². The van der Waals surface area contributed by atoms with Crippen LogP contribution in [0, 0.1) is 15.9 Å². The number of piperazine rings is 1. The molecule has 1 fully saturated rings. The molecule has 2 heterocycles. The molecule has 5 rings (SSSR count). The average Bonchev–Trinajstić information content (AvgIpc) is 3.35. The van der Waals surface area contributed by atoms with E-state index in [1.54, 1.807) is 30.3 Å². The van der Waals surface area contributed by atoms with Crippen LogP contribution < -0.4 is 4.90 Å². The third kappa shape index (κ3) is 4.87. The Morgan fingerprint density at radius 2 is 1.63 bits per heavy atom. The van der Waals surface area contributed by atoms with Crippen molar-refractivity contribution < 1.29 is 13.7 Å².